The van der Waals surface area contributed by atoms with Crippen LogP contribution >= 0.6 is 0 Å². The number of benzene rings is 2. The predicted octanol–water partition coefficient (Wildman–Crippen LogP) is 5.00. The molecule has 1 fully saturated rings. The Labute approximate surface area is 186 Å². The summed E-state index contributed by atoms with van der Waals surface area (Å²) in [7, 11) is 0. The summed E-state index contributed by atoms with van der Waals surface area (Å²) in [4.78, 5) is 8.54. The lowest BCUT2D eigenvalue weighted by molar-refractivity contribution is 0.548. The van der Waals surface area contributed by atoms with Crippen molar-refractivity contribution in [2.45, 2.75) is 31.8 Å². The van der Waals surface area contributed by atoms with Gasteiger partial charge in [0, 0.05) is 35.1 Å². The van der Waals surface area contributed by atoms with E-state index in [4.69, 9.17) is 5.73 Å². The van der Waals surface area contributed by atoms with E-state index < -0.39 is 17.5 Å². The molecule has 0 unspecified atom stereocenters. The molecule has 0 atom stereocenters. The van der Waals surface area contributed by atoms with E-state index in [-0.39, 0.29) is 12.1 Å². The van der Waals surface area contributed by atoms with Crippen molar-refractivity contribution in [2.75, 3.05) is 5.73 Å². The largest absolute Gasteiger partial charge is 0.383 e. The summed E-state index contributed by atoms with van der Waals surface area (Å²) >= 11 is 0. The van der Waals surface area contributed by atoms with Crippen LogP contribution in [0.25, 0.3) is 33.1 Å². The van der Waals surface area contributed by atoms with E-state index in [2.05, 4.69) is 26.6 Å². The van der Waals surface area contributed by atoms with Crippen LogP contribution in [-0.4, -0.2) is 24.3 Å². The number of fused-ring (bicyclic) bond motifs is 2. The summed E-state index contributed by atoms with van der Waals surface area (Å²) in [5.41, 5.74) is 8.62. The van der Waals surface area contributed by atoms with Gasteiger partial charge in [-0.05, 0) is 49.6 Å². The molecule has 3 heterocycles. The van der Waals surface area contributed by atoms with Crippen molar-refractivity contribution in [2.24, 2.45) is 0 Å². The number of halogens is 3. The van der Waals surface area contributed by atoms with Crippen LogP contribution in [0, 0.1) is 17.5 Å². The predicted molar refractivity (Wildman–Crippen MR) is 119 cm³/mol. The summed E-state index contributed by atoms with van der Waals surface area (Å²) in [6.07, 6.45) is 6.87. The minimum absolute atomic E-state index is 0.0665. The normalized spacial score (nSPS) is 14.9. The average molecular weight is 448 g/mol. The molecule has 2 aromatic carbocycles. The van der Waals surface area contributed by atoms with Crippen LogP contribution in [0.2, 0.25) is 0 Å². The maximum atomic E-state index is 15.8. The second kappa shape index (κ2) is 6.81. The average Bonchev–Trinajstić information content (AvgIpc) is 3.18. The summed E-state index contributed by atoms with van der Waals surface area (Å²) in [6.45, 7) is 2.24. The standard InChI is InChI=1S/C24H19F3N6/c1-24(4-5-24)33-11-17(20-22(28)29-12-30-23(20)33)16-2-3-19-18(21(16)27)10-32(31-19)9-13-6-14(25)8-15(26)7-13/h2-3,6-8,10-12H,4-5,9H2,1H3,(H2,28,29,30). The van der Waals surface area contributed by atoms with Crippen LogP contribution in [0.3, 0.4) is 0 Å². The Hall–Kier alpha value is -3.88. The van der Waals surface area contributed by atoms with E-state index in [1.54, 1.807) is 12.1 Å². The molecule has 1 saturated carbocycles. The second-order valence-electron chi connectivity index (χ2n) is 8.83. The number of anilines is 1. The molecule has 0 amide bonds. The van der Waals surface area contributed by atoms with Gasteiger partial charge in [0.15, 0.2) is 0 Å². The fourth-order valence-electron chi connectivity index (χ4n) is 4.41. The Kier molecular flexibility index (Phi) is 4.08. The topological polar surface area (TPSA) is 74.5 Å². The van der Waals surface area contributed by atoms with Crippen molar-refractivity contribution in [1.29, 1.82) is 0 Å². The van der Waals surface area contributed by atoms with Gasteiger partial charge < -0.3 is 10.3 Å². The Morgan fingerprint density at radius 2 is 1.76 bits per heavy atom. The van der Waals surface area contributed by atoms with Crippen molar-refractivity contribution in [3.05, 3.63) is 72.1 Å². The minimum Gasteiger partial charge on any atom is -0.383 e. The maximum Gasteiger partial charge on any atom is 0.146 e. The van der Waals surface area contributed by atoms with Crippen LogP contribution in [-0.2, 0) is 12.1 Å². The van der Waals surface area contributed by atoms with E-state index >= 15 is 4.39 Å². The first-order chi connectivity index (χ1) is 15.8. The zero-order valence-electron chi connectivity index (χ0n) is 17.7. The van der Waals surface area contributed by atoms with Gasteiger partial charge in [0.2, 0.25) is 0 Å². The fourth-order valence-corrected chi connectivity index (χ4v) is 4.41. The Morgan fingerprint density at radius 3 is 2.48 bits per heavy atom. The second-order valence-corrected chi connectivity index (χ2v) is 8.83. The zero-order chi connectivity index (χ0) is 22.9. The number of nitrogens with two attached hydrogens (primary N) is 1. The summed E-state index contributed by atoms with van der Waals surface area (Å²) in [5, 5.41) is 5.30. The molecule has 0 spiro atoms. The van der Waals surface area contributed by atoms with Crippen molar-refractivity contribution >= 4 is 27.8 Å². The Balaban J connectivity index is 1.48. The molecule has 2 N–H and O–H groups in total. The van der Waals surface area contributed by atoms with E-state index in [9.17, 15) is 8.78 Å². The molecule has 1 aliphatic carbocycles. The Morgan fingerprint density at radius 1 is 1.00 bits per heavy atom. The van der Waals surface area contributed by atoms with Gasteiger partial charge >= 0.3 is 0 Å². The molecule has 5 aromatic rings. The number of aromatic nitrogens is 5. The quantitative estimate of drug-likeness (QED) is 0.420. The third-order valence-electron chi connectivity index (χ3n) is 6.40. The number of hydrogen-bond acceptors (Lipinski definition) is 4. The summed E-state index contributed by atoms with van der Waals surface area (Å²) in [5.74, 6) is -1.50. The lowest BCUT2D eigenvalue weighted by atomic mass is 10.0. The summed E-state index contributed by atoms with van der Waals surface area (Å²) < 4.78 is 46.4. The monoisotopic (exact) mass is 448 g/mol. The highest BCUT2D eigenvalue weighted by Gasteiger charge is 2.41. The first kappa shape index (κ1) is 19.8. The molecule has 3 aromatic heterocycles. The van der Waals surface area contributed by atoms with Gasteiger partial charge in [0.25, 0.3) is 0 Å². The molecule has 0 radical (unpaired) electrons. The maximum absolute atomic E-state index is 15.8. The number of nitrogen functional groups attached to an aromatic ring is 1. The van der Waals surface area contributed by atoms with Gasteiger partial charge in [-0.25, -0.2) is 23.1 Å². The van der Waals surface area contributed by atoms with Crippen molar-refractivity contribution in [3.63, 3.8) is 0 Å². The molecular weight excluding hydrogens is 429 g/mol. The molecule has 6 rings (SSSR count). The van der Waals surface area contributed by atoms with Gasteiger partial charge in [-0.15, -0.1) is 0 Å². The van der Waals surface area contributed by atoms with E-state index in [0.29, 0.717) is 44.4 Å². The van der Waals surface area contributed by atoms with Crippen LogP contribution in [0.5, 0.6) is 0 Å². The number of hydrogen-bond donors (Lipinski definition) is 1. The fraction of sp³-hybridized carbons (Fsp3) is 0.208. The lowest BCUT2D eigenvalue weighted by Crippen LogP contribution is -2.11. The van der Waals surface area contributed by atoms with Crippen LogP contribution in [0.4, 0.5) is 19.0 Å². The molecule has 0 bridgehead atoms. The minimum atomic E-state index is -0.671. The van der Waals surface area contributed by atoms with Crippen LogP contribution < -0.4 is 5.73 Å². The van der Waals surface area contributed by atoms with Gasteiger partial charge in [-0.1, -0.05) is 0 Å². The van der Waals surface area contributed by atoms with Gasteiger partial charge in [0.1, 0.15) is 35.2 Å². The molecule has 6 nitrogen and oxygen atoms in total. The first-order valence-corrected chi connectivity index (χ1v) is 10.6. The van der Waals surface area contributed by atoms with Crippen molar-refractivity contribution < 1.29 is 13.2 Å². The van der Waals surface area contributed by atoms with Gasteiger partial charge in [0.05, 0.1) is 22.8 Å². The molecule has 33 heavy (non-hydrogen) atoms. The molecular formula is C24H19F3N6. The zero-order valence-corrected chi connectivity index (χ0v) is 17.7. The first-order valence-electron chi connectivity index (χ1n) is 10.6. The van der Waals surface area contributed by atoms with Crippen molar-refractivity contribution in [1.82, 2.24) is 24.3 Å². The molecule has 0 saturated heterocycles. The third kappa shape index (κ3) is 3.14. The highest BCUT2D eigenvalue weighted by Crippen LogP contribution is 2.47. The smallest absolute Gasteiger partial charge is 0.146 e. The van der Waals surface area contributed by atoms with E-state index in [1.165, 1.54) is 29.3 Å². The SMILES string of the molecule is CC1(n2cc(-c3ccc4nn(Cc5cc(F)cc(F)c5)cc4c3F)c3c(N)ncnc32)CC1. The molecule has 166 valence electrons. The molecule has 1 aliphatic rings. The third-order valence-corrected chi connectivity index (χ3v) is 6.40. The van der Waals surface area contributed by atoms with Crippen LogP contribution in [0.15, 0.2) is 49.1 Å². The highest BCUT2D eigenvalue weighted by atomic mass is 19.1. The number of nitrogens with zero attached hydrogens (tertiary/aromatic N) is 5. The van der Waals surface area contributed by atoms with E-state index in [0.717, 1.165) is 18.9 Å². The lowest BCUT2D eigenvalue weighted by Gasteiger charge is -2.11. The molecule has 0 aliphatic heterocycles. The summed E-state index contributed by atoms with van der Waals surface area (Å²) in [6, 6.07) is 6.65. The van der Waals surface area contributed by atoms with Crippen molar-refractivity contribution in [3.8, 4) is 11.1 Å². The highest BCUT2D eigenvalue weighted by molar-refractivity contribution is 6.02. The van der Waals surface area contributed by atoms with Gasteiger partial charge in [-0.3, -0.25) is 4.68 Å². The van der Waals surface area contributed by atoms with E-state index in [1.807, 2.05) is 6.20 Å². The van der Waals surface area contributed by atoms with Gasteiger partial charge in [-0.2, -0.15) is 5.10 Å². The Bertz CT molecular complexity index is 1540. The molecule has 9 heteroatoms. The van der Waals surface area contributed by atoms with Crippen LogP contribution in [0.1, 0.15) is 25.3 Å². The number of rotatable bonds is 4.